The van der Waals surface area contributed by atoms with Gasteiger partial charge in [-0.25, -0.2) is 9.67 Å². The molecule has 2 aromatic heterocycles. The normalized spacial score (nSPS) is 31.8. The first-order valence-corrected chi connectivity index (χ1v) is 21.8. The lowest BCUT2D eigenvalue weighted by molar-refractivity contribution is -0.184. The number of aromatic nitrogens is 3. The average molecular weight is 809 g/mol. The third-order valence-electron chi connectivity index (χ3n) is 16.1. The molecule has 1 N–H and O–H groups in total. The second-order valence-electron chi connectivity index (χ2n) is 19.6. The van der Waals surface area contributed by atoms with E-state index in [0.29, 0.717) is 42.8 Å². The minimum atomic E-state index is -1.18. The number of carboxylic acid groups (broad SMARTS) is 1. The van der Waals surface area contributed by atoms with Gasteiger partial charge in [0.1, 0.15) is 11.1 Å². The Morgan fingerprint density at radius 1 is 1.05 bits per heavy atom. The molecule has 0 radical (unpaired) electrons. The highest BCUT2D eigenvalue weighted by Gasteiger charge is 2.68. The van der Waals surface area contributed by atoms with E-state index in [2.05, 4.69) is 46.5 Å². The predicted molar refractivity (Wildman–Crippen MR) is 222 cm³/mol. The van der Waals surface area contributed by atoms with Crippen molar-refractivity contribution in [1.82, 2.24) is 14.3 Å². The van der Waals surface area contributed by atoms with Crippen LogP contribution in [0, 0.1) is 45.3 Å². The van der Waals surface area contributed by atoms with Crippen LogP contribution in [0.5, 0.6) is 5.88 Å². The van der Waals surface area contributed by atoms with Gasteiger partial charge < -0.3 is 14.6 Å². The minimum Gasteiger partial charge on any atom is -0.481 e. The number of ketones is 1. The van der Waals surface area contributed by atoms with Crippen LogP contribution < -0.4 is 10.3 Å². The van der Waals surface area contributed by atoms with Crippen LogP contribution in [-0.4, -0.2) is 50.4 Å². The summed E-state index contributed by atoms with van der Waals surface area (Å²) in [5.74, 6) is 0.240. The summed E-state index contributed by atoms with van der Waals surface area (Å²) in [5, 5.41) is 9.77. The number of methoxy groups -OCH3 is 1. The second-order valence-corrected chi connectivity index (χ2v) is 20.0. The van der Waals surface area contributed by atoms with Crippen molar-refractivity contribution in [3.05, 3.63) is 50.5 Å². The van der Waals surface area contributed by atoms with E-state index < -0.39 is 22.8 Å². The van der Waals surface area contributed by atoms with Crippen molar-refractivity contribution < 1.29 is 29.0 Å². The number of carboxylic acids is 1. The molecule has 57 heavy (non-hydrogen) atoms. The van der Waals surface area contributed by atoms with Gasteiger partial charge >= 0.3 is 11.9 Å². The molecule has 0 amide bonds. The molecule has 0 saturated heterocycles. The Morgan fingerprint density at radius 2 is 1.75 bits per heavy atom. The Labute approximate surface area is 344 Å². The molecule has 0 spiro atoms. The Bertz CT molecular complexity index is 2000. The molecule has 10 nitrogen and oxygen atoms in total. The first-order chi connectivity index (χ1) is 26.7. The first kappa shape index (κ1) is 43.2. The Hall–Kier alpha value is -3.40. The summed E-state index contributed by atoms with van der Waals surface area (Å²) in [7, 11) is 1.56. The zero-order chi connectivity index (χ0) is 42.0. The van der Waals surface area contributed by atoms with E-state index in [1.807, 2.05) is 24.6 Å². The number of rotatable bonds is 13. The van der Waals surface area contributed by atoms with Gasteiger partial charge in [-0.2, -0.15) is 0 Å². The smallest absolute Gasteiger partial charge is 0.309 e. The molecular weight excluding hydrogens is 742 g/mol. The lowest BCUT2D eigenvalue weighted by atomic mass is 9.35. The monoisotopic (exact) mass is 807 g/mol. The van der Waals surface area contributed by atoms with Gasteiger partial charge in [-0.1, -0.05) is 60.1 Å². The number of aliphatic carboxylic acids is 1. The fourth-order valence-electron chi connectivity index (χ4n) is 12.5. The average Bonchev–Trinajstić information content (AvgIpc) is 3.61. The van der Waals surface area contributed by atoms with Gasteiger partial charge in [0, 0.05) is 24.4 Å². The van der Waals surface area contributed by atoms with Gasteiger partial charge in [-0.15, -0.1) is 0 Å². The van der Waals surface area contributed by atoms with Crippen LogP contribution in [0.4, 0.5) is 0 Å². The van der Waals surface area contributed by atoms with Gasteiger partial charge in [-0.3, -0.25) is 23.9 Å². The molecule has 6 rings (SSSR count). The number of carbonyl (C=O) groups excluding carboxylic acids is 2. The molecular formula is C46H66ClN3O7. The number of allylic oxidation sites excluding steroid dienone is 2. The topological polar surface area (TPSA) is 130 Å². The van der Waals surface area contributed by atoms with Crippen LogP contribution in [0.25, 0.3) is 5.69 Å². The van der Waals surface area contributed by atoms with Crippen LogP contribution >= 0.6 is 11.6 Å². The standard InChI is InChI=1S/C46H66ClN3O7/c1-12-30(57-35(52)25-42(6,7)41(54)55)19-20-43(8)28(5)18-21-45(10)33(43)16-15-31-37-36(27(3)4)32(51)24-46(37,23-22-44(31,45)9)39-38(47)40(53)50(49(39)13-2)29-14-17-34(56-11)48-26-29/h14,17,26-28,30-31,33H,12-13,15-16,18-25H2,1-11H3,(H,54,55)/t28-,30-,31-,33-,43+,44-,45-,46-/m1/s1. The van der Waals surface area contributed by atoms with Crippen LogP contribution in [0.15, 0.2) is 34.3 Å². The number of carbonyl (C=O) groups is 3. The van der Waals surface area contributed by atoms with E-state index in [-0.39, 0.29) is 57.0 Å². The van der Waals surface area contributed by atoms with Crippen molar-refractivity contribution >= 4 is 29.3 Å². The fraction of sp³-hybridized carbons (Fsp3) is 0.717. The highest BCUT2D eigenvalue weighted by molar-refractivity contribution is 6.31. The van der Waals surface area contributed by atoms with Crippen molar-refractivity contribution in [1.29, 1.82) is 0 Å². The van der Waals surface area contributed by atoms with E-state index >= 15 is 0 Å². The quantitative estimate of drug-likeness (QED) is 0.198. The molecule has 0 bridgehead atoms. The molecule has 0 aliphatic heterocycles. The van der Waals surface area contributed by atoms with Crippen molar-refractivity contribution in [2.75, 3.05) is 7.11 Å². The van der Waals surface area contributed by atoms with Gasteiger partial charge in [-0.05, 0) is 136 Å². The van der Waals surface area contributed by atoms with E-state index in [1.54, 1.807) is 37.9 Å². The maximum Gasteiger partial charge on any atom is 0.309 e. The van der Waals surface area contributed by atoms with Crippen molar-refractivity contribution in [3.8, 4) is 11.6 Å². The van der Waals surface area contributed by atoms with Crippen molar-refractivity contribution in [3.63, 3.8) is 0 Å². The summed E-state index contributed by atoms with van der Waals surface area (Å²) in [6.07, 6.45) is 9.66. The minimum absolute atomic E-state index is 0.00788. The summed E-state index contributed by atoms with van der Waals surface area (Å²) in [6.45, 7) is 21.8. The Morgan fingerprint density at radius 3 is 2.33 bits per heavy atom. The number of nitrogens with zero attached hydrogens (tertiary/aromatic N) is 3. The number of hydrogen-bond acceptors (Lipinski definition) is 7. The first-order valence-electron chi connectivity index (χ1n) is 21.4. The molecule has 0 unspecified atom stereocenters. The van der Waals surface area contributed by atoms with Crippen LogP contribution in [-0.2, 0) is 31.1 Å². The number of pyridine rings is 1. The molecule has 4 aliphatic carbocycles. The summed E-state index contributed by atoms with van der Waals surface area (Å²) in [5.41, 5.74) is 1.22. The summed E-state index contributed by atoms with van der Waals surface area (Å²) in [4.78, 5) is 57.7. The van der Waals surface area contributed by atoms with Crippen LogP contribution in [0.3, 0.4) is 0 Å². The Balaban J connectivity index is 1.38. The summed E-state index contributed by atoms with van der Waals surface area (Å²) >= 11 is 7.24. The van der Waals surface area contributed by atoms with Crippen LogP contribution in [0.2, 0.25) is 5.02 Å². The summed E-state index contributed by atoms with van der Waals surface area (Å²) in [6, 6.07) is 3.56. The molecule has 2 aromatic rings. The number of hydrogen-bond donors (Lipinski definition) is 1. The Kier molecular flexibility index (Phi) is 11.6. The lowest BCUT2D eigenvalue weighted by Crippen LogP contribution is -2.62. The molecule has 4 aliphatic rings. The number of halogens is 1. The van der Waals surface area contributed by atoms with Crippen molar-refractivity contribution in [2.24, 2.45) is 45.3 Å². The molecule has 3 fully saturated rings. The number of ether oxygens (including phenoxy) is 2. The largest absolute Gasteiger partial charge is 0.481 e. The number of esters is 1. The molecule has 3 saturated carbocycles. The van der Waals surface area contributed by atoms with E-state index in [9.17, 15) is 24.3 Å². The SMILES string of the molecule is CC[C@H](CC[C@@]1(C)[C@H](C)CC[C@]2(C)[C@@H]1CC[C@@H]1C3=C(C(C)C)C(=O)C[C@]3(c3c(Cl)c(=O)n(-c4ccc(OC)nc4)n3CC)CC[C@]12C)OC(=O)CC(C)(C)C(=O)O. The maximum atomic E-state index is 14.5. The van der Waals surface area contributed by atoms with Crippen molar-refractivity contribution in [2.45, 2.75) is 158 Å². The third kappa shape index (κ3) is 6.72. The molecule has 0 aromatic carbocycles. The van der Waals surface area contributed by atoms with Gasteiger partial charge in [0.05, 0.1) is 36.5 Å². The van der Waals surface area contributed by atoms with Gasteiger partial charge in [0.15, 0.2) is 5.78 Å². The van der Waals surface area contributed by atoms with E-state index in [1.165, 1.54) is 5.57 Å². The number of fused-ring (bicyclic) bond motifs is 5. The van der Waals surface area contributed by atoms with Gasteiger partial charge in [0.25, 0.3) is 5.56 Å². The number of Topliss-reactive ketones (excluding diaryl/α,β-unsaturated/α-hetero) is 1. The fourth-order valence-corrected chi connectivity index (χ4v) is 12.9. The van der Waals surface area contributed by atoms with E-state index in [0.717, 1.165) is 62.6 Å². The van der Waals surface area contributed by atoms with Crippen LogP contribution in [0.1, 0.15) is 146 Å². The molecule has 11 heteroatoms. The lowest BCUT2D eigenvalue weighted by Gasteiger charge is -2.69. The maximum absolute atomic E-state index is 14.5. The van der Waals surface area contributed by atoms with Gasteiger partial charge in [0.2, 0.25) is 5.88 Å². The van der Waals surface area contributed by atoms with E-state index in [4.69, 9.17) is 21.1 Å². The third-order valence-corrected chi connectivity index (χ3v) is 16.5. The zero-order valence-electron chi connectivity index (χ0n) is 36.2. The second kappa shape index (κ2) is 15.3. The molecule has 8 atom stereocenters. The zero-order valence-corrected chi connectivity index (χ0v) is 37.0. The molecule has 2 heterocycles. The highest BCUT2D eigenvalue weighted by atomic mass is 35.5. The highest BCUT2D eigenvalue weighted by Crippen LogP contribution is 2.75. The predicted octanol–water partition coefficient (Wildman–Crippen LogP) is 9.75. The molecule has 314 valence electrons. The summed E-state index contributed by atoms with van der Waals surface area (Å²) < 4.78 is 14.9.